The van der Waals surface area contributed by atoms with E-state index in [1.165, 1.54) is 4.88 Å². The third kappa shape index (κ3) is 4.89. The number of carbonyl (C=O) groups is 1. The van der Waals surface area contributed by atoms with Gasteiger partial charge in [0.25, 0.3) is 0 Å². The van der Waals surface area contributed by atoms with E-state index < -0.39 is 5.97 Å². The minimum Gasteiger partial charge on any atom is -0.481 e. The Morgan fingerprint density at radius 2 is 1.76 bits per heavy atom. The lowest BCUT2D eigenvalue weighted by atomic mass is 9.93. The lowest BCUT2D eigenvalue weighted by Gasteiger charge is -2.36. The lowest BCUT2D eigenvalue weighted by molar-refractivity contribution is -0.143. The van der Waals surface area contributed by atoms with E-state index in [0.717, 1.165) is 33.9 Å². The standard InChI is InChI=1S/C23H22BrNO3S/c24-21-10-9-20(29-21)22(25-13-11-16(12-14-25)23(26)27)17-5-4-8-19(15-17)28-18-6-2-1-3-7-18/h1-10,15-16,22H,11-14H2,(H,26,27). The van der Waals surface area contributed by atoms with Crippen LogP contribution in [0.1, 0.15) is 29.3 Å². The molecule has 6 heteroatoms. The van der Waals surface area contributed by atoms with Crippen LogP contribution in [0.15, 0.2) is 70.5 Å². The molecule has 0 amide bonds. The number of carboxylic acid groups (broad SMARTS) is 1. The smallest absolute Gasteiger partial charge is 0.306 e. The van der Waals surface area contributed by atoms with Crippen LogP contribution in [0.3, 0.4) is 0 Å². The maximum Gasteiger partial charge on any atom is 0.306 e. The molecule has 0 radical (unpaired) electrons. The maximum absolute atomic E-state index is 11.4. The van der Waals surface area contributed by atoms with Crippen molar-refractivity contribution in [2.75, 3.05) is 13.1 Å². The molecule has 0 spiro atoms. The van der Waals surface area contributed by atoms with Crippen molar-refractivity contribution in [1.29, 1.82) is 0 Å². The molecule has 1 aliphatic heterocycles. The quantitative estimate of drug-likeness (QED) is 0.465. The fourth-order valence-corrected chi connectivity index (χ4v) is 5.39. The molecule has 1 aliphatic rings. The third-order valence-electron chi connectivity index (χ3n) is 5.26. The molecule has 0 bridgehead atoms. The summed E-state index contributed by atoms with van der Waals surface area (Å²) in [6.07, 6.45) is 1.36. The van der Waals surface area contributed by atoms with E-state index in [1.54, 1.807) is 11.3 Å². The molecular formula is C23H22BrNO3S. The first-order chi connectivity index (χ1) is 14.1. The first-order valence-electron chi connectivity index (χ1n) is 9.65. The van der Waals surface area contributed by atoms with Crippen molar-refractivity contribution in [3.05, 3.63) is 81.0 Å². The van der Waals surface area contributed by atoms with Crippen LogP contribution in [0.5, 0.6) is 11.5 Å². The number of para-hydroxylation sites is 1. The number of nitrogens with zero attached hydrogens (tertiary/aromatic N) is 1. The van der Waals surface area contributed by atoms with Gasteiger partial charge in [-0.15, -0.1) is 11.3 Å². The predicted molar refractivity (Wildman–Crippen MR) is 119 cm³/mol. The Hall–Kier alpha value is -2.15. The molecule has 4 nitrogen and oxygen atoms in total. The van der Waals surface area contributed by atoms with Gasteiger partial charge in [0.15, 0.2) is 0 Å². The molecule has 1 atom stereocenters. The maximum atomic E-state index is 11.4. The SMILES string of the molecule is O=C(O)C1CCN(C(c2cccc(Oc3ccccc3)c2)c2ccc(Br)s2)CC1. The van der Waals surface area contributed by atoms with E-state index in [4.69, 9.17) is 4.74 Å². The van der Waals surface area contributed by atoms with Crippen LogP contribution in [0.4, 0.5) is 0 Å². The van der Waals surface area contributed by atoms with E-state index >= 15 is 0 Å². The second-order valence-corrected chi connectivity index (χ2v) is 9.68. The Labute approximate surface area is 182 Å². The predicted octanol–water partition coefficient (Wildman–Crippen LogP) is 6.19. The van der Waals surface area contributed by atoms with Gasteiger partial charge in [-0.1, -0.05) is 30.3 Å². The van der Waals surface area contributed by atoms with Gasteiger partial charge in [-0.2, -0.15) is 0 Å². The Morgan fingerprint density at radius 1 is 1.03 bits per heavy atom. The molecule has 150 valence electrons. The van der Waals surface area contributed by atoms with Crippen LogP contribution >= 0.6 is 27.3 Å². The van der Waals surface area contributed by atoms with E-state index in [1.807, 2.05) is 42.5 Å². The van der Waals surface area contributed by atoms with Crippen molar-refractivity contribution in [1.82, 2.24) is 4.90 Å². The number of hydrogen-bond acceptors (Lipinski definition) is 4. The van der Waals surface area contributed by atoms with Gasteiger partial charge in [-0.05, 0) is 83.8 Å². The minimum atomic E-state index is -0.682. The monoisotopic (exact) mass is 471 g/mol. The number of halogens is 1. The summed E-state index contributed by atoms with van der Waals surface area (Å²) in [7, 11) is 0. The highest BCUT2D eigenvalue weighted by Crippen LogP contribution is 2.38. The number of aliphatic carboxylic acids is 1. The first-order valence-corrected chi connectivity index (χ1v) is 11.3. The normalized spacial score (nSPS) is 16.4. The highest BCUT2D eigenvalue weighted by molar-refractivity contribution is 9.11. The van der Waals surface area contributed by atoms with Gasteiger partial charge in [0, 0.05) is 4.88 Å². The molecule has 1 N–H and O–H groups in total. The number of piperidine rings is 1. The molecular weight excluding hydrogens is 450 g/mol. The molecule has 2 aromatic carbocycles. The molecule has 0 saturated carbocycles. The van der Waals surface area contributed by atoms with Crippen LogP contribution in [-0.2, 0) is 4.79 Å². The number of likely N-dealkylation sites (tertiary alicyclic amines) is 1. The van der Waals surface area contributed by atoms with Gasteiger partial charge in [0.05, 0.1) is 15.7 Å². The second-order valence-electron chi connectivity index (χ2n) is 7.18. The summed E-state index contributed by atoms with van der Waals surface area (Å²) in [4.78, 5) is 15.0. The Kier molecular flexibility index (Phi) is 6.33. The van der Waals surface area contributed by atoms with E-state index in [2.05, 4.69) is 45.1 Å². The highest BCUT2D eigenvalue weighted by Gasteiger charge is 2.31. The summed E-state index contributed by atoms with van der Waals surface area (Å²) in [5.74, 6) is 0.685. The summed E-state index contributed by atoms with van der Waals surface area (Å²) in [6, 6.07) is 22.3. The van der Waals surface area contributed by atoms with Gasteiger partial charge in [-0.3, -0.25) is 9.69 Å². The third-order valence-corrected chi connectivity index (χ3v) is 6.94. The zero-order valence-electron chi connectivity index (χ0n) is 15.8. The van der Waals surface area contributed by atoms with E-state index in [0.29, 0.717) is 12.8 Å². The summed E-state index contributed by atoms with van der Waals surface area (Å²) in [5, 5.41) is 9.34. The average molecular weight is 472 g/mol. The molecule has 4 rings (SSSR count). The van der Waals surface area contributed by atoms with Crippen molar-refractivity contribution < 1.29 is 14.6 Å². The number of hydrogen-bond donors (Lipinski definition) is 1. The van der Waals surface area contributed by atoms with Crippen LogP contribution in [-0.4, -0.2) is 29.1 Å². The molecule has 29 heavy (non-hydrogen) atoms. The lowest BCUT2D eigenvalue weighted by Crippen LogP contribution is -2.39. The van der Waals surface area contributed by atoms with Gasteiger partial charge in [0.1, 0.15) is 11.5 Å². The zero-order chi connectivity index (χ0) is 20.2. The van der Waals surface area contributed by atoms with Crippen molar-refractivity contribution in [3.8, 4) is 11.5 Å². The molecule has 1 aromatic heterocycles. The molecule has 1 saturated heterocycles. The number of rotatable bonds is 6. The topological polar surface area (TPSA) is 49.8 Å². The first kappa shape index (κ1) is 20.1. The van der Waals surface area contributed by atoms with Crippen molar-refractivity contribution in [3.63, 3.8) is 0 Å². The summed E-state index contributed by atoms with van der Waals surface area (Å²) < 4.78 is 7.14. The largest absolute Gasteiger partial charge is 0.481 e. The summed E-state index contributed by atoms with van der Waals surface area (Å²) in [5.41, 5.74) is 1.15. The molecule has 0 aliphatic carbocycles. The fourth-order valence-electron chi connectivity index (χ4n) is 3.81. The molecule has 1 fully saturated rings. The number of ether oxygens (including phenoxy) is 1. The van der Waals surface area contributed by atoms with Crippen molar-refractivity contribution >= 4 is 33.2 Å². The number of thiophene rings is 1. The zero-order valence-corrected chi connectivity index (χ0v) is 18.2. The van der Waals surface area contributed by atoms with Crippen LogP contribution in [0.2, 0.25) is 0 Å². The van der Waals surface area contributed by atoms with Gasteiger partial charge in [-0.25, -0.2) is 0 Å². The second kappa shape index (κ2) is 9.11. The van der Waals surface area contributed by atoms with Crippen molar-refractivity contribution in [2.24, 2.45) is 5.92 Å². The summed E-state index contributed by atoms with van der Waals surface area (Å²) >= 11 is 5.30. The fraction of sp³-hybridized carbons (Fsp3) is 0.261. The number of benzene rings is 2. The van der Waals surface area contributed by atoms with Crippen LogP contribution < -0.4 is 4.74 Å². The van der Waals surface area contributed by atoms with Crippen LogP contribution in [0, 0.1) is 5.92 Å². The van der Waals surface area contributed by atoms with Crippen LogP contribution in [0.25, 0.3) is 0 Å². The molecule has 3 aromatic rings. The molecule has 1 unspecified atom stereocenters. The highest BCUT2D eigenvalue weighted by atomic mass is 79.9. The summed E-state index contributed by atoms with van der Waals surface area (Å²) in [6.45, 7) is 1.53. The minimum absolute atomic E-state index is 0.0837. The average Bonchev–Trinajstić information content (AvgIpc) is 3.15. The Balaban J connectivity index is 1.62. The van der Waals surface area contributed by atoms with E-state index in [-0.39, 0.29) is 12.0 Å². The van der Waals surface area contributed by atoms with Crippen molar-refractivity contribution in [2.45, 2.75) is 18.9 Å². The number of carboxylic acids is 1. The molecule has 2 heterocycles. The van der Waals surface area contributed by atoms with Gasteiger partial charge < -0.3 is 9.84 Å². The van der Waals surface area contributed by atoms with Gasteiger partial charge >= 0.3 is 5.97 Å². The van der Waals surface area contributed by atoms with Gasteiger partial charge in [0.2, 0.25) is 0 Å². The Bertz CT molecular complexity index is 967. The van der Waals surface area contributed by atoms with E-state index in [9.17, 15) is 9.90 Å². The Morgan fingerprint density at radius 3 is 2.41 bits per heavy atom.